The summed E-state index contributed by atoms with van der Waals surface area (Å²) in [4.78, 5) is 18.7. The fourth-order valence-corrected chi connectivity index (χ4v) is 2.95. The van der Waals surface area contributed by atoms with Crippen LogP contribution < -0.4 is 16.0 Å². The molecule has 0 spiro atoms. The van der Waals surface area contributed by atoms with Crippen molar-refractivity contribution < 1.29 is 4.79 Å². The Hall–Kier alpha value is -2.08. The van der Waals surface area contributed by atoms with Gasteiger partial charge in [0, 0.05) is 44.7 Å². The van der Waals surface area contributed by atoms with Gasteiger partial charge in [-0.1, -0.05) is 30.3 Å². The molecule has 28 heavy (non-hydrogen) atoms. The van der Waals surface area contributed by atoms with E-state index < -0.39 is 0 Å². The zero-order chi connectivity index (χ0) is 20.2. The number of nitrogens with zero attached hydrogens (tertiary/aromatic N) is 2. The molecular weight excluding hydrogens is 350 g/mol. The third kappa shape index (κ3) is 9.22. The Labute approximate surface area is 170 Å². The van der Waals surface area contributed by atoms with Gasteiger partial charge in [0.25, 0.3) is 0 Å². The highest BCUT2D eigenvalue weighted by Gasteiger charge is 2.22. The number of amides is 1. The molecule has 1 atom stereocenters. The van der Waals surface area contributed by atoms with Crippen molar-refractivity contribution in [1.82, 2.24) is 20.9 Å². The van der Waals surface area contributed by atoms with E-state index in [9.17, 15) is 4.79 Å². The minimum absolute atomic E-state index is 0.158. The Morgan fingerprint density at radius 1 is 1.25 bits per heavy atom. The number of aliphatic imine (C=N–C) groups is 1. The molecule has 1 aromatic rings. The summed E-state index contributed by atoms with van der Waals surface area (Å²) >= 11 is 0. The minimum Gasteiger partial charge on any atom is -0.357 e. The molecule has 0 aliphatic heterocycles. The Kier molecular flexibility index (Phi) is 9.83. The molecule has 0 aromatic heterocycles. The topological polar surface area (TPSA) is 68.8 Å². The van der Waals surface area contributed by atoms with Gasteiger partial charge in [-0.05, 0) is 52.1 Å². The first kappa shape index (κ1) is 22.2. The lowest BCUT2D eigenvalue weighted by molar-refractivity contribution is -0.121. The van der Waals surface area contributed by atoms with Gasteiger partial charge < -0.3 is 16.0 Å². The van der Waals surface area contributed by atoms with Crippen molar-refractivity contribution >= 4 is 11.9 Å². The first-order valence-electron chi connectivity index (χ1n) is 10.6. The van der Waals surface area contributed by atoms with Crippen molar-refractivity contribution in [2.75, 3.05) is 26.7 Å². The highest BCUT2D eigenvalue weighted by molar-refractivity contribution is 5.80. The highest BCUT2D eigenvalue weighted by Crippen LogP contribution is 2.18. The van der Waals surface area contributed by atoms with Crippen LogP contribution in [0.2, 0.25) is 0 Å². The first-order valence-corrected chi connectivity index (χ1v) is 10.6. The Balaban J connectivity index is 1.64. The van der Waals surface area contributed by atoms with Crippen molar-refractivity contribution in [1.29, 1.82) is 0 Å². The van der Waals surface area contributed by atoms with Crippen molar-refractivity contribution in [2.24, 2.45) is 4.99 Å². The molecule has 0 saturated heterocycles. The Morgan fingerprint density at radius 3 is 2.68 bits per heavy atom. The normalized spacial score (nSPS) is 15.4. The number of hydrogen-bond acceptors (Lipinski definition) is 3. The van der Waals surface area contributed by atoms with Crippen LogP contribution in [0.1, 0.15) is 51.5 Å². The van der Waals surface area contributed by atoms with Gasteiger partial charge in [0.2, 0.25) is 5.91 Å². The molecule has 156 valence electrons. The third-order valence-electron chi connectivity index (χ3n) is 5.00. The highest BCUT2D eigenvalue weighted by atomic mass is 16.1. The largest absolute Gasteiger partial charge is 0.357 e. The van der Waals surface area contributed by atoms with Gasteiger partial charge in [-0.25, -0.2) is 0 Å². The molecule has 3 N–H and O–H groups in total. The average molecular weight is 388 g/mol. The second-order valence-corrected chi connectivity index (χ2v) is 7.67. The zero-order valence-electron chi connectivity index (χ0n) is 17.7. The number of benzene rings is 1. The molecule has 6 nitrogen and oxygen atoms in total. The second-order valence-electron chi connectivity index (χ2n) is 7.67. The van der Waals surface area contributed by atoms with Gasteiger partial charge in [0.1, 0.15) is 0 Å². The van der Waals surface area contributed by atoms with Crippen LogP contribution in [0.3, 0.4) is 0 Å². The van der Waals surface area contributed by atoms with E-state index in [0.717, 1.165) is 51.3 Å². The molecule has 1 saturated carbocycles. The van der Waals surface area contributed by atoms with E-state index in [1.165, 1.54) is 5.56 Å². The molecule has 1 unspecified atom stereocenters. The van der Waals surface area contributed by atoms with Gasteiger partial charge in [-0.15, -0.1) is 0 Å². The van der Waals surface area contributed by atoms with Gasteiger partial charge in [0.05, 0.1) is 0 Å². The van der Waals surface area contributed by atoms with Crippen LogP contribution in [0.5, 0.6) is 0 Å². The van der Waals surface area contributed by atoms with Gasteiger partial charge in [-0.3, -0.25) is 14.7 Å². The molecule has 0 bridgehead atoms. The fraction of sp³-hybridized carbons (Fsp3) is 0.636. The van der Waals surface area contributed by atoms with E-state index in [4.69, 9.17) is 0 Å². The SMILES string of the molecule is CCNC(=NCCCC(=O)NC1CC1)NCCC(C)N(C)Cc1ccccc1. The first-order chi connectivity index (χ1) is 13.6. The van der Waals surface area contributed by atoms with E-state index in [0.29, 0.717) is 25.0 Å². The fourth-order valence-electron chi connectivity index (χ4n) is 2.95. The van der Waals surface area contributed by atoms with E-state index >= 15 is 0 Å². The Morgan fingerprint density at radius 2 is 2.00 bits per heavy atom. The summed E-state index contributed by atoms with van der Waals surface area (Å²) in [5.41, 5.74) is 1.34. The number of rotatable bonds is 12. The number of guanidine groups is 1. The summed E-state index contributed by atoms with van der Waals surface area (Å²) < 4.78 is 0. The number of carbonyl (C=O) groups is 1. The Bertz CT molecular complexity index is 600. The summed E-state index contributed by atoms with van der Waals surface area (Å²) in [6.45, 7) is 7.64. The molecular formula is C22H37N5O. The van der Waals surface area contributed by atoms with E-state index in [1.807, 2.05) is 0 Å². The summed E-state index contributed by atoms with van der Waals surface area (Å²) in [5, 5.41) is 9.71. The maximum absolute atomic E-state index is 11.7. The molecule has 2 rings (SSSR count). The van der Waals surface area contributed by atoms with Crippen LogP contribution in [0.25, 0.3) is 0 Å². The minimum atomic E-state index is 0.158. The van der Waals surface area contributed by atoms with Crippen LogP contribution in [0.4, 0.5) is 0 Å². The van der Waals surface area contributed by atoms with Crippen LogP contribution in [-0.4, -0.2) is 55.5 Å². The van der Waals surface area contributed by atoms with Crippen molar-refractivity contribution in [3.8, 4) is 0 Å². The molecule has 6 heteroatoms. The molecule has 1 fully saturated rings. The predicted molar refractivity (Wildman–Crippen MR) is 116 cm³/mol. The second kappa shape index (κ2) is 12.4. The third-order valence-corrected chi connectivity index (χ3v) is 5.00. The predicted octanol–water partition coefficient (Wildman–Crippen LogP) is 2.51. The lowest BCUT2D eigenvalue weighted by Gasteiger charge is -2.25. The maximum atomic E-state index is 11.7. The van der Waals surface area contributed by atoms with Crippen LogP contribution in [0, 0.1) is 0 Å². The lowest BCUT2D eigenvalue weighted by atomic mass is 10.1. The van der Waals surface area contributed by atoms with Crippen LogP contribution in [0.15, 0.2) is 35.3 Å². The van der Waals surface area contributed by atoms with Gasteiger partial charge >= 0.3 is 0 Å². The number of hydrogen-bond donors (Lipinski definition) is 3. The smallest absolute Gasteiger partial charge is 0.220 e. The van der Waals surface area contributed by atoms with Crippen molar-refractivity contribution in [3.63, 3.8) is 0 Å². The van der Waals surface area contributed by atoms with E-state index in [2.05, 4.69) is 77.1 Å². The van der Waals surface area contributed by atoms with E-state index in [1.54, 1.807) is 0 Å². The standard InChI is InChI=1S/C22H37N5O/c1-4-23-22(24-15-8-11-21(28)26-20-12-13-20)25-16-14-18(2)27(3)17-19-9-6-5-7-10-19/h5-7,9-10,18,20H,4,8,11-17H2,1-3H3,(H,26,28)(H2,23,24,25). The van der Waals surface area contributed by atoms with E-state index in [-0.39, 0.29) is 5.91 Å². The molecule has 0 radical (unpaired) electrons. The van der Waals surface area contributed by atoms with Crippen LogP contribution >= 0.6 is 0 Å². The summed E-state index contributed by atoms with van der Waals surface area (Å²) in [7, 11) is 2.17. The molecule has 1 aliphatic rings. The zero-order valence-corrected chi connectivity index (χ0v) is 17.7. The lowest BCUT2D eigenvalue weighted by Crippen LogP contribution is -2.40. The van der Waals surface area contributed by atoms with Crippen LogP contribution in [-0.2, 0) is 11.3 Å². The van der Waals surface area contributed by atoms with Crippen molar-refractivity contribution in [3.05, 3.63) is 35.9 Å². The average Bonchev–Trinajstić information content (AvgIpc) is 3.49. The molecule has 0 heterocycles. The molecule has 1 amide bonds. The number of carbonyl (C=O) groups excluding carboxylic acids is 1. The molecule has 1 aliphatic carbocycles. The quantitative estimate of drug-likeness (QED) is 0.293. The summed E-state index contributed by atoms with van der Waals surface area (Å²) in [6, 6.07) is 11.5. The molecule has 1 aromatic carbocycles. The maximum Gasteiger partial charge on any atom is 0.220 e. The van der Waals surface area contributed by atoms with Gasteiger partial charge in [0.15, 0.2) is 5.96 Å². The summed E-state index contributed by atoms with van der Waals surface area (Å²) in [6.07, 6.45) is 4.65. The van der Waals surface area contributed by atoms with Crippen molar-refractivity contribution in [2.45, 2.75) is 64.6 Å². The monoisotopic (exact) mass is 387 g/mol. The number of nitrogens with one attached hydrogen (secondary N) is 3. The summed E-state index contributed by atoms with van der Waals surface area (Å²) in [5.74, 6) is 0.994. The van der Waals surface area contributed by atoms with Gasteiger partial charge in [-0.2, -0.15) is 0 Å².